The van der Waals surface area contributed by atoms with Gasteiger partial charge >= 0.3 is 0 Å². The van der Waals surface area contributed by atoms with Crippen LogP contribution < -0.4 is 5.32 Å². The summed E-state index contributed by atoms with van der Waals surface area (Å²) in [6.45, 7) is 0.766. The molecular weight excluding hydrogens is 338 g/mol. The minimum absolute atomic E-state index is 0.0710. The number of hydrogen-bond acceptors (Lipinski definition) is 1. The summed E-state index contributed by atoms with van der Waals surface area (Å²) in [6.07, 6.45) is 9.08. The van der Waals surface area contributed by atoms with Crippen LogP contribution in [0.1, 0.15) is 55.3 Å². The molecule has 4 heteroatoms. The standard InChI is InChI=1S/C16H21BrClNO/c17-13-8-9-15(18)14(10-13)16(20)19-11-12-6-4-2-1-3-5-7-12/h8-10,12H,1-7,11H2,(H,19,20). The molecule has 20 heavy (non-hydrogen) atoms. The van der Waals surface area contributed by atoms with Crippen molar-refractivity contribution in [3.8, 4) is 0 Å². The van der Waals surface area contributed by atoms with E-state index >= 15 is 0 Å². The number of nitrogens with one attached hydrogen (secondary N) is 1. The van der Waals surface area contributed by atoms with Crippen molar-refractivity contribution in [2.45, 2.75) is 44.9 Å². The number of rotatable bonds is 3. The summed E-state index contributed by atoms with van der Waals surface area (Å²) < 4.78 is 0.873. The molecule has 1 amide bonds. The lowest BCUT2D eigenvalue weighted by molar-refractivity contribution is 0.0944. The molecule has 1 aliphatic rings. The predicted molar refractivity (Wildman–Crippen MR) is 87.3 cm³/mol. The van der Waals surface area contributed by atoms with E-state index in [0.29, 0.717) is 16.5 Å². The van der Waals surface area contributed by atoms with E-state index in [9.17, 15) is 4.79 Å². The van der Waals surface area contributed by atoms with Crippen LogP contribution in [-0.4, -0.2) is 12.5 Å². The molecule has 0 unspecified atom stereocenters. The molecular formula is C16H21BrClNO. The van der Waals surface area contributed by atoms with E-state index in [1.165, 1.54) is 44.9 Å². The van der Waals surface area contributed by atoms with Crippen molar-refractivity contribution >= 4 is 33.4 Å². The van der Waals surface area contributed by atoms with Gasteiger partial charge in [-0.15, -0.1) is 0 Å². The molecule has 110 valence electrons. The number of halogens is 2. The Morgan fingerprint density at radius 1 is 1.20 bits per heavy atom. The van der Waals surface area contributed by atoms with Crippen molar-refractivity contribution in [1.29, 1.82) is 0 Å². The van der Waals surface area contributed by atoms with E-state index < -0.39 is 0 Å². The molecule has 1 aliphatic carbocycles. The SMILES string of the molecule is O=C(NCC1CCCCCCC1)c1cc(Br)ccc1Cl. The largest absolute Gasteiger partial charge is 0.352 e. The quantitative estimate of drug-likeness (QED) is 0.791. The van der Waals surface area contributed by atoms with Gasteiger partial charge in [-0.25, -0.2) is 0 Å². The zero-order chi connectivity index (χ0) is 14.4. The highest BCUT2D eigenvalue weighted by molar-refractivity contribution is 9.10. The van der Waals surface area contributed by atoms with Crippen LogP contribution in [0.3, 0.4) is 0 Å². The molecule has 1 aromatic rings. The van der Waals surface area contributed by atoms with Crippen molar-refractivity contribution in [1.82, 2.24) is 5.32 Å². The average molecular weight is 359 g/mol. The lowest BCUT2D eigenvalue weighted by atomic mass is 9.91. The highest BCUT2D eigenvalue weighted by Gasteiger charge is 2.15. The molecule has 2 nitrogen and oxygen atoms in total. The maximum atomic E-state index is 12.2. The number of carbonyl (C=O) groups excluding carboxylic acids is 1. The van der Waals surface area contributed by atoms with Gasteiger partial charge in [0, 0.05) is 11.0 Å². The molecule has 0 aliphatic heterocycles. The molecule has 1 fully saturated rings. The van der Waals surface area contributed by atoms with E-state index in [1.807, 2.05) is 6.07 Å². The van der Waals surface area contributed by atoms with Gasteiger partial charge in [0.25, 0.3) is 5.91 Å². The summed E-state index contributed by atoms with van der Waals surface area (Å²) >= 11 is 9.45. The Hall–Kier alpha value is -0.540. The first-order chi connectivity index (χ1) is 9.66. The van der Waals surface area contributed by atoms with Crippen LogP contribution in [0.4, 0.5) is 0 Å². The first-order valence-corrected chi connectivity index (χ1v) is 8.57. The Kier molecular flexibility index (Phi) is 6.37. The minimum Gasteiger partial charge on any atom is -0.352 e. The second-order valence-electron chi connectivity index (χ2n) is 5.55. The normalized spacial score (nSPS) is 17.3. The number of amides is 1. The first-order valence-electron chi connectivity index (χ1n) is 7.40. The lowest BCUT2D eigenvalue weighted by Crippen LogP contribution is -2.29. The fourth-order valence-electron chi connectivity index (χ4n) is 2.75. The summed E-state index contributed by atoms with van der Waals surface area (Å²) in [4.78, 5) is 12.2. The molecule has 1 N–H and O–H groups in total. The molecule has 0 radical (unpaired) electrons. The third-order valence-electron chi connectivity index (χ3n) is 3.95. The van der Waals surface area contributed by atoms with Crippen molar-refractivity contribution in [2.75, 3.05) is 6.54 Å². The smallest absolute Gasteiger partial charge is 0.252 e. The fraction of sp³-hybridized carbons (Fsp3) is 0.562. The van der Waals surface area contributed by atoms with Crippen molar-refractivity contribution in [3.05, 3.63) is 33.3 Å². The predicted octanol–water partition coefficient (Wildman–Crippen LogP) is 5.19. The lowest BCUT2D eigenvalue weighted by Gasteiger charge is -2.20. The second-order valence-corrected chi connectivity index (χ2v) is 6.87. The molecule has 0 saturated heterocycles. The van der Waals surface area contributed by atoms with Crippen molar-refractivity contribution < 1.29 is 4.79 Å². The summed E-state index contributed by atoms with van der Waals surface area (Å²) in [5.41, 5.74) is 0.548. The van der Waals surface area contributed by atoms with E-state index in [1.54, 1.807) is 12.1 Å². The maximum Gasteiger partial charge on any atom is 0.252 e. The number of benzene rings is 1. The van der Waals surface area contributed by atoms with Gasteiger partial charge in [-0.2, -0.15) is 0 Å². The van der Waals surface area contributed by atoms with E-state index in [0.717, 1.165) is 11.0 Å². The Morgan fingerprint density at radius 2 is 1.85 bits per heavy atom. The van der Waals surface area contributed by atoms with Gasteiger partial charge < -0.3 is 5.32 Å². The summed E-state index contributed by atoms with van der Waals surface area (Å²) in [7, 11) is 0. The molecule has 1 aromatic carbocycles. The van der Waals surface area contributed by atoms with Crippen LogP contribution in [0, 0.1) is 5.92 Å². The van der Waals surface area contributed by atoms with Gasteiger partial charge in [0.1, 0.15) is 0 Å². The Balaban J connectivity index is 1.89. The molecule has 0 bridgehead atoms. The van der Waals surface area contributed by atoms with Gasteiger partial charge in [-0.05, 0) is 37.0 Å². The summed E-state index contributed by atoms with van der Waals surface area (Å²) in [5, 5.41) is 3.54. The third kappa shape index (κ3) is 4.78. The number of hydrogen-bond donors (Lipinski definition) is 1. The molecule has 1 saturated carbocycles. The van der Waals surface area contributed by atoms with Crippen molar-refractivity contribution in [2.24, 2.45) is 5.92 Å². The van der Waals surface area contributed by atoms with Crippen LogP contribution in [-0.2, 0) is 0 Å². The fourth-order valence-corrected chi connectivity index (χ4v) is 3.31. The molecule has 0 aromatic heterocycles. The highest BCUT2D eigenvalue weighted by Crippen LogP contribution is 2.23. The van der Waals surface area contributed by atoms with Crippen LogP contribution in [0.25, 0.3) is 0 Å². The summed E-state index contributed by atoms with van der Waals surface area (Å²) in [6, 6.07) is 5.36. The van der Waals surface area contributed by atoms with Crippen LogP contribution >= 0.6 is 27.5 Å². The molecule has 2 rings (SSSR count). The van der Waals surface area contributed by atoms with E-state index in [4.69, 9.17) is 11.6 Å². The van der Waals surface area contributed by atoms with Gasteiger partial charge in [0.05, 0.1) is 10.6 Å². The van der Waals surface area contributed by atoms with Crippen LogP contribution in [0.5, 0.6) is 0 Å². The molecule has 0 spiro atoms. The van der Waals surface area contributed by atoms with Gasteiger partial charge in [0.15, 0.2) is 0 Å². The number of carbonyl (C=O) groups is 1. The van der Waals surface area contributed by atoms with Gasteiger partial charge in [-0.3, -0.25) is 4.79 Å². The summed E-state index contributed by atoms with van der Waals surface area (Å²) in [5.74, 6) is 0.545. The molecule has 0 atom stereocenters. The maximum absolute atomic E-state index is 12.2. The Bertz CT molecular complexity index is 456. The van der Waals surface area contributed by atoms with Crippen LogP contribution in [0.2, 0.25) is 5.02 Å². The zero-order valence-corrected chi connectivity index (χ0v) is 14.0. The van der Waals surface area contributed by atoms with E-state index in [-0.39, 0.29) is 5.91 Å². The Morgan fingerprint density at radius 3 is 2.55 bits per heavy atom. The van der Waals surface area contributed by atoms with Gasteiger partial charge in [0.2, 0.25) is 0 Å². The second kappa shape index (κ2) is 8.04. The average Bonchev–Trinajstić information content (AvgIpc) is 2.40. The zero-order valence-electron chi connectivity index (χ0n) is 11.6. The van der Waals surface area contributed by atoms with Crippen LogP contribution in [0.15, 0.2) is 22.7 Å². The van der Waals surface area contributed by atoms with Gasteiger partial charge in [-0.1, -0.05) is 59.6 Å². The third-order valence-corrected chi connectivity index (χ3v) is 4.77. The van der Waals surface area contributed by atoms with Crippen molar-refractivity contribution in [3.63, 3.8) is 0 Å². The Labute approximate surface area is 134 Å². The van der Waals surface area contributed by atoms with E-state index in [2.05, 4.69) is 21.2 Å². The first kappa shape index (κ1) is 15.8. The monoisotopic (exact) mass is 357 g/mol. The topological polar surface area (TPSA) is 29.1 Å². The highest BCUT2D eigenvalue weighted by atomic mass is 79.9. The molecule has 0 heterocycles. The minimum atomic E-state index is -0.0710.